The fraction of sp³-hybridized carbons (Fsp3) is 0.875. The SMILES string of the molecule is CC(=O)C1CCCC[C@@H]1F. The smallest absolute Gasteiger partial charge is 0.135 e. The van der Waals surface area contributed by atoms with Crippen LogP contribution >= 0.6 is 0 Å². The van der Waals surface area contributed by atoms with Crippen LogP contribution in [0.15, 0.2) is 0 Å². The third kappa shape index (κ3) is 1.55. The summed E-state index contributed by atoms with van der Waals surface area (Å²) in [6.45, 7) is 1.49. The molecule has 0 N–H and O–H groups in total. The van der Waals surface area contributed by atoms with E-state index in [0.717, 1.165) is 19.3 Å². The molecule has 1 aliphatic rings. The van der Waals surface area contributed by atoms with Crippen molar-refractivity contribution in [1.82, 2.24) is 0 Å². The standard InChI is InChI=1S/C8H13FO/c1-6(10)7-4-2-3-5-8(7)9/h7-8H,2-5H2,1H3/t7?,8-/m0/s1. The number of rotatable bonds is 1. The van der Waals surface area contributed by atoms with Crippen LogP contribution in [0.25, 0.3) is 0 Å². The molecule has 0 aromatic carbocycles. The molecule has 1 nitrogen and oxygen atoms in total. The summed E-state index contributed by atoms with van der Waals surface area (Å²) >= 11 is 0. The molecule has 2 atom stereocenters. The lowest BCUT2D eigenvalue weighted by Gasteiger charge is -2.22. The van der Waals surface area contributed by atoms with Crippen molar-refractivity contribution in [3.8, 4) is 0 Å². The Morgan fingerprint density at radius 2 is 2.00 bits per heavy atom. The summed E-state index contributed by atoms with van der Waals surface area (Å²) in [5.74, 6) is -0.263. The van der Waals surface area contributed by atoms with Gasteiger partial charge in [-0.05, 0) is 19.8 Å². The minimum absolute atomic E-state index is 0.0206. The molecule has 0 saturated heterocycles. The molecule has 1 unspecified atom stereocenters. The van der Waals surface area contributed by atoms with Gasteiger partial charge in [-0.1, -0.05) is 12.8 Å². The van der Waals surface area contributed by atoms with Crippen molar-refractivity contribution < 1.29 is 9.18 Å². The second-order valence-corrected chi connectivity index (χ2v) is 3.02. The predicted octanol–water partition coefficient (Wildman–Crippen LogP) is 2.10. The highest BCUT2D eigenvalue weighted by molar-refractivity contribution is 5.78. The van der Waals surface area contributed by atoms with Gasteiger partial charge in [-0.3, -0.25) is 4.79 Å². The summed E-state index contributed by atoms with van der Waals surface area (Å²) in [4.78, 5) is 10.8. The van der Waals surface area contributed by atoms with E-state index in [4.69, 9.17) is 0 Å². The molecule has 0 aliphatic heterocycles. The number of halogens is 1. The van der Waals surface area contributed by atoms with Gasteiger partial charge in [0.1, 0.15) is 12.0 Å². The number of hydrogen-bond donors (Lipinski definition) is 0. The molecule has 0 aromatic rings. The Morgan fingerprint density at radius 1 is 1.40 bits per heavy atom. The maximum absolute atomic E-state index is 12.9. The number of alkyl halides is 1. The fourth-order valence-electron chi connectivity index (χ4n) is 1.54. The molecule has 0 bridgehead atoms. The first-order valence-corrected chi connectivity index (χ1v) is 3.86. The number of hydrogen-bond acceptors (Lipinski definition) is 1. The van der Waals surface area contributed by atoms with E-state index < -0.39 is 6.17 Å². The maximum atomic E-state index is 12.9. The third-order valence-electron chi connectivity index (χ3n) is 2.20. The molecular formula is C8H13FO. The molecule has 1 saturated carbocycles. The van der Waals surface area contributed by atoms with Gasteiger partial charge < -0.3 is 0 Å². The van der Waals surface area contributed by atoms with E-state index in [9.17, 15) is 9.18 Å². The van der Waals surface area contributed by atoms with Gasteiger partial charge in [-0.25, -0.2) is 4.39 Å². The lowest BCUT2D eigenvalue weighted by atomic mass is 9.85. The van der Waals surface area contributed by atoms with Crippen molar-refractivity contribution in [3.05, 3.63) is 0 Å². The first-order chi connectivity index (χ1) is 4.72. The lowest BCUT2D eigenvalue weighted by Crippen LogP contribution is -2.26. The van der Waals surface area contributed by atoms with Crippen molar-refractivity contribution >= 4 is 5.78 Å². The number of Topliss-reactive ketones (excluding diaryl/α,β-unsaturated/α-hetero) is 1. The van der Waals surface area contributed by atoms with E-state index >= 15 is 0 Å². The average molecular weight is 144 g/mol. The van der Waals surface area contributed by atoms with Gasteiger partial charge in [0.15, 0.2) is 0 Å². The summed E-state index contributed by atoms with van der Waals surface area (Å²) in [5.41, 5.74) is 0. The molecule has 0 amide bonds. The quantitative estimate of drug-likeness (QED) is 0.550. The second-order valence-electron chi connectivity index (χ2n) is 3.02. The zero-order chi connectivity index (χ0) is 7.56. The molecule has 1 rings (SSSR count). The van der Waals surface area contributed by atoms with Crippen LogP contribution in [0.3, 0.4) is 0 Å². The molecule has 0 radical (unpaired) electrons. The molecule has 10 heavy (non-hydrogen) atoms. The largest absolute Gasteiger partial charge is 0.300 e. The van der Waals surface area contributed by atoms with Gasteiger partial charge in [-0.2, -0.15) is 0 Å². The topological polar surface area (TPSA) is 17.1 Å². The highest BCUT2D eigenvalue weighted by Gasteiger charge is 2.27. The second kappa shape index (κ2) is 3.13. The molecular weight excluding hydrogens is 131 g/mol. The molecule has 0 spiro atoms. The van der Waals surface area contributed by atoms with E-state index in [1.807, 2.05) is 0 Å². The summed E-state index contributed by atoms with van der Waals surface area (Å²) in [7, 11) is 0. The van der Waals surface area contributed by atoms with E-state index in [1.165, 1.54) is 6.92 Å². The van der Waals surface area contributed by atoms with Gasteiger partial charge in [0.2, 0.25) is 0 Å². The predicted molar refractivity (Wildman–Crippen MR) is 37.5 cm³/mol. The van der Waals surface area contributed by atoms with Crippen LogP contribution in [0.1, 0.15) is 32.6 Å². The fourth-order valence-corrected chi connectivity index (χ4v) is 1.54. The summed E-state index contributed by atoms with van der Waals surface area (Å²) in [6, 6.07) is 0. The van der Waals surface area contributed by atoms with Gasteiger partial charge >= 0.3 is 0 Å². The minimum Gasteiger partial charge on any atom is -0.300 e. The summed E-state index contributed by atoms with van der Waals surface area (Å²) in [5, 5.41) is 0. The van der Waals surface area contributed by atoms with Crippen molar-refractivity contribution in [3.63, 3.8) is 0 Å². The highest BCUT2D eigenvalue weighted by atomic mass is 19.1. The minimum atomic E-state index is -0.855. The molecule has 0 aromatic heterocycles. The van der Waals surface area contributed by atoms with Crippen LogP contribution in [0, 0.1) is 5.92 Å². The Morgan fingerprint density at radius 3 is 2.40 bits per heavy atom. The van der Waals surface area contributed by atoms with Crippen LogP contribution in [-0.2, 0) is 4.79 Å². The van der Waals surface area contributed by atoms with Crippen LogP contribution in [0.5, 0.6) is 0 Å². The molecule has 0 heterocycles. The van der Waals surface area contributed by atoms with Gasteiger partial charge in [0.25, 0.3) is 0 Å². The Labute approximate surface area is 60.6 Å². The highest BCUT2D eigenvalue weighted by Crippen LogP contribution is 2.27. The van der Waals surface area contributed by atoms with Crippen molar-refractivity contribution in [1.29, 1.82) is 0 Å². The van der Waals surface area contributed by atoms with E-state index in [2.05, 4.69) is 0 Å². The number of ketones is 1. The van der Waals surface area contributed by atoms with Crippen LogP contribution in [0.2, 0.25) is 0 Å². The van der Waals surface area contributed by atoms with Crippen molar-refractivity contribution in [2.45, 2.75) is 38.8 Å². The average Bonchev–Trinajstić information content (AvgIpc) is 1.88. The van der Waals surface area contributed by atoms with Crippen LogP contribution < -0.4 is 0 Å². The molecule has 2 heteroatoms. The first-order valence-electron chi connectivity index (χ1n) is 3.86. The molecule has 58 valence electrons. The van der Waals surface area contributed by atoms with E-state index in [-0.39, 0.29) is 11.7 Å². The van der Waals surface area contributed by atoms with Crippen LogP contribution in [0.4, 0.5) is 4.39 Å². The van der Waals surface area contributed by atoms with Crippen molar-refractivity contribution in [2.24, 2.45) is 5.92 Å². The van der Waals surface area contributed by atoms with Gasteiger partial charge in [0.05, 0.1) is 0 Å². The number of carbonyl (C=O) groups is 1. The maximum Gasteiger partial charge on any atom is 0.135 e. The monoisotopic (exact) mass is 144 g/mol. The Kier molecular flexibility index (Phi) is 2.41. The number of carbonyl (C=O) groups excluding carboxylic acids is 1. The van der Waals surface area contributed by atoms with Crippen molar-refractivity contribution in [2.75, 3.05) is 0 Å². The Balaban J connectivity index is 2.47. The van der Waals surface area contributed by atoms with Gasteiger partial charge in [0, 0.05) is 5.92 Å². The van der Waals surface area contributed by atoms with E-state index in [0.29, 0.717) is 6.42 Å². The normalized spacial score (nSPS) is 33.8. The summed E-state index contributed by atoms with van der Waals surface area (Å²) in [6.07, 6.45) is 2.46. The van der Waals surface area contributed by atoms with Crippen LogP contribution in [-0.4, -0.2) is 12.0 Å². The zero-order valence-electron chi connectivity index (χ0n) is 6.27. The third-order valence-corrected chi connectivity index (χ3v) is 2.20. The Hall–Kier alpha value is -0.400. The summed E-state index contributed by atoms with van der Waals surface area (Å²) < 4.78 is 12.9. The Bertz CT molecular complexity index is 133. The zero-order valence-corrected chi connectivity index (χ0v) is 6.27. The first kappa shape index (κ1) is 7.70. The molecule has 1 aliphatic carbocycles. The molecule has 1 fully saturated rings. The lowest BCUT2D eigenvalue weighted by molar-refractivity contribution is -0.123. The van der Waals surface area contributed by atoms with Gasteiger partial charge in [-0.15, -0.1) is 0 Å². The van der Waals surface area contributed by atoms with E-state index in [1.54, 1.807) is 0 Å².